The lowest BCUT2D eigenvalue weighted by Gasteiger charge is -2.21. The standard InChI is InChI=1S/C11H20O2/c1-4-6-7-9(3)11(13)10(5-2)8-12/h4,6,8-11,13H,5,7H2,1-3H3/b6-4+/t9-,10-,11-/m1/s1. The van der Waals surface area contributed by atoms with Gasteiger partial charge in [-0.05, 0) is 25.7 Å². The van der Waals surface area contributed by atoms with E-state index >= 15 is 0 Å². The van der Waals surface area contributed by atoms with E-state index in [4.69, 9.17) is 0 Å². The molecule has 0 fully saturated rings. The number of aliphatic hydroxyl groups excluding tert-OH is 1. The maximum absolute atomic E-state index is 10.6. The number of carbonyl (C=O) groups excluding carboxylic acids is 1. The van der Waals surface area contributed by atoms with Gasteiger partial charge in [0.05, 0.1) is 6.10 Å². The number of allylic oxidation sites excluding steroid dienone is 2. The van der Waals surface area contributed by atoms with Crippen molar-refractivity contribution in [3.05, 3.63) is 12.2 Å². The van der Waals surface area contributed by atoms with Gasteiger partial charge in [-0.3, -0.25) is 0 Å². The van der Waals surface area contributed by atoms with Crippen LogP contribution in [0.3, 0.4) is 0 Å². The molecule has 76 valence electrons. The molecule has 0 aliphatic rings. The lowest BCUT2D eigenvalue weighted by Crippen LogP contribution is -2.27. The van der Waals surface area contributed by atoms with E-state index in [1.54, 1.807) is 0 Å². The Morgan fingerprint density at radius 3 is 2.46 bits per heavy atom. The Hall–Kier alpha value is -0.630. The fourth-order valence-corrected chi connectivity index (χ4v) is 1.33. The van der Waals surface area contributed by atoms with Gasteiger partial charge in [0.1, 0.15) is 6.29 Å². The Balaban J connectivity index is 4.05. The van der Waals surface area contributed by atoms with Crippen LogP contribution >= 0.6 is 0 Å². The van der Waals surface area contributed by atoms with E-state index in [-0.39, 0.29) is 11.8 Å². The maximum atomic E-state index is 10.6. The first-order valence-electron chi connectivity index (χ1n) is 4.91. The fraction of sp³-hybridized carbons (Fsp3) is 0.727. The van der Waals surface area contributed by atoms with Gasteiger partial charge in [0.2, 0.25) is 0 Å². The number of aliphatic hydroxyl groups is 1. The van der Waals surface area contributed by atoms with Crippen LogP contribution in [0.1, 0.15) is 33.6 Å². The summed E-state index contributed by atoms with van der Waals surface area (Å²) < 4.78 is 0. The van der Waals surface area contributed by atoms with Gasteiger partial charge < -0.3 is 9.90 Å². The van der Waals surface area contributed by atoms with E-state index in [1.165, 1.54) is 0 Å². The highest BCUT2D eigenvalue weighted by Gasteiger charge is 2.21. The van der Waals surface area contributed by atoms with Gasteiger partial charge in [0, 0.05) is 5.92 Å². The molecule has 0 aromatic rings. The minimum Gasteiger partial charge on any atom is -0.392 e. The molecule has 0 radical (unpaired) electrons. The van der Waals surface area contributed by atoms with Crippen LogP contribution in [0.4, 0.5) is 0 Å². The molecule has 0 unspecified atom stereocenters. The van der Waals surface area contributed by atoms with Gasteiger partial charge in [0.15, 0.2) is 0 Å². The van der Waals surface area contributed by atoms with Crippen LogP contribution in [0.5, 0.6) is 0 Å². The molecule has 0 aliphatic heterocycles. The van der Waals surface area contributed by atoms with E-state index in [2.05, 4.69) is 0 Å². The molecule has 1 N–H and O–H groups in total. The number of hydrogen-bond acceptors (Lipinski definition) is 2. The van der Waals surface area contributed by atoms with Crippen LogP contribution < -0.4 is 0 Å². The number of carbonyl (C=O) groups is 1. The highest BCUT2D eigenvalue weighted by molar-refractivity contribution is 5.54. The Morgan fingerprint density at radius 1 is 1.46 bits per heavy atom. The van der Waals surface area contributed by atoms with Crippen molar-refractivity contribution in [3.8, 4) is 0 Å². The van der Waals surface area contributed by atoms with Gasteiger partial charge in [-0.15, -0.1) is 0 Å². The molecule has 2 nitrogen and oxygen atoms in total. The number of hydrogen-bond donors (Lipinski definition) is 1. The van der Waals surface area contributed by atoms with Crippen LogP contribution in [-0.4, -0.2) is 17.5 Å². The smallest absolute Gasteiger partial charge is 0.125 e. The molecule has 0 aromatic carbocycles. The molecule has 2 heteroatoms. The summed E-state index contributed by atoms with van der Waals surface area (Å²) in [5.41, 5.74) is 0. The van der Waals surface area contributed by atoms with Crippen molar-refractivity contribution in [2.75, 3.05) is 0 Å². The van der Waals surface area contributed by atoms with Crippen molar-refractivity contribution >= 4 is 6.29 Å². The van der Waals surface area contributed by atoms with Crippen molar-refractivity contribution in [2.45, 2.75) is 39.7 Å². The summed E-state index contributed by atoms with van der Waals surface area (Å²) in [5.74, 6) is -0.0494. The molecular weight excluding hydrogens is 164 g/mol. The van der Waals surface area contributed by atoms with Crippen molar-refractivity contribution in [3.63, 3.8) is 0 Å². The summed E-state index contributed by atoms with van der Waals surface area (Å²) in [6, 6.07) is 0. The van der Waals surface area contributed by atoms with Gasteiger partial charge in [-0.2, -0.15) is 0 Å². The largest absolute Gasteiger partial charge is 0.392 e. The third kappa shape index (κ3) is 4.23. The van der Waals surface area contributed by atoms with E-state index < -0.39 is 6.10 Å². The van der Waals surface area contributed by atoms with Crippen LogP contribution in [0.15, 0.2) is 12.2 Å². The number of aldehydes is 1. The summed E-state index contributed by atoms with van der Waals surface area (Å²) in [5, 5.41) is 9.74. The van der Waals surface area contributed by atoms with Gasteiger partial charge in [-0.25, -0.2) is 0 Å². The second-order valence-electron chi connectivity index (χ2n) is 3.48. The molecule has 0 heterocycles. The zero-order chi connectivity index (χ0) is 10.3. The topological polar surface area (TPSA) is 37.3 Å². The predicted molar refractivity (Wildman–Crippen MR) is 54.4 cm³/mol. The molecule has 0 saturated heterocycles. The van der Waals surface area contributed by atoms with E-state index in [0.717, 1.165) is 12.7 Å². The first-order chi connectivity index (χ1) is 6.17. The minimum absolute atomic E-state index is 0.159. The maximum Gasteiger partial charge on any atom is 0.125 e. The van der Waals surface area contributed by atoms with Gasteiger partial charge >= 0.3 is 0 Å². The summed E-state index contributed by atoms with van der Waals surface area (Å²) in [4.78, 5) is 10.6. The molecule has 0 aromatic heterocycles. The van der Waals surface area contributed by atoms with Crippen LogP contribution in [-0.2, 0) is 4.79 Å². The molecule has 0 saturated carbocycles. The van der Waals surface area contributed by atoms with Crippen LogP contribution in [0.2, 0.25) is 0 Å². The van der Waals surface area contributed by atoms with Crippen LogP contribution in [0.25, 0.3) is 0 Å². The Morgan fingerprint density at radius 2 is 2.08 bits per heavy atom. The quantitative estimate of drug-likeness (QED) is 0.507. The first kappa shape index (κ1) is 12.4. The fourth-order valence-electron chi connectivity index (χ4n) is 1.33. The SMILES string of the molecule is C/C=C/C[C@@H](C)[C@@H](O)[C@@H](C=O)CC. The van der Waals surface area contributed by atoms with Crippen molar-refractivity contribution < 1.29 is 9.90 Å². The molecule has 0 bridgehead atoms. The summed E-state index contributed by atoms with van der Waals surface area (Å²) in [6.45, 7) is 5.84. The molecule has 3 atom stereocenters. The normalized spacial score (nSPS) is 18.5. The van der Waals surface area contributed by atoms with Crippen molar-refractivity contribution in [1.82, 2.24) is 0 Å². The molecule has 13 heavy (non-hydrogen) atoms. The second-order valence-corrected chi connectivity index (χ2v) is 3.48. The Labute approximate surface area is 80.7 Å². The highest BCUT2D eigenvalue weighted by Crippen LogP contribution is 2.17. The first-order valence-corrected chi connectivity index (χ1v) is 4.91. The van der Waals surface area contributed by atoms with Crippen LogP contribution in [0, 0.1) is 11.8 Å². The lowest BCUT2D eigenvalue weighted by molar-refractivity contribution is -0.115. The predicted octanol–water partition coefficient (Wildman–Crippen LogP) is 2.17. The Bertz CT molecular complexity index is 163. The monoisotopic (exact) mass is 184 g/mol. The van der Waals surface area contributed by atoms with E-state index in [0.29, 0.717) is 6.42 Å². The zero-order valence-corrected chi connectivity index (χ0v) is 8.73. The van der Waals surface area contributed by atoms with Crippen molar-refractivity contribution in [1.29, 1.82) is 0 Å². The molecule has 0 rings (SSSR count). The highest BCUT2D eigenvalue weighted by atomic mass is 16.3. The third-order valence-electron chi connectivity index (χ3n) is 2.41. The number of rotatable bonds is 6. The molecule has 0 spiro atoms. The lowest BCUT2D eigenvalue weighted by atomic mass is 9.89. The molecule has 0 aliphatic carbocycles. The second kappa shape index (κ2) is 6.84. The molecule has 0 amide bonds. The van der Waals surface area contributed by atoms with Gasteiger partial charge in [-0.1, -0.05) is 26.0 Å². The Kier molecular flexibility index (Phi) is 6.51. The average molecular weight is 184 g/mol. The zero-order valence-electron chi connectivity index (χ0n) is 8.73. The van der Waals surface area contributed by atoms with Crippen molar-refractivity contribution in [2.24, 2.45) is 11.8 Å². The third-order valence-corrected chi connectivity index (χ3v) is 2.41. The van der Waals surface area contributed by atoms with E-state index in [1.807, 2.05) is 32.9 Å². The average Bonchev–Trinajstić information content (AvgIpc) is 2.15. The minimum atomic E-state index is -0.501. The van der Waals surface area contributed by atoms with E-state index in [9.17, 15) is 9.90 Å². The summed E-state index contributed by atoms with van der Waals surface area (Å²) in [7, 11) is 0. The summed E-state index contributed by atoms with van der Waals surface area (Å²) >= 11 is 0. The summed E-state index contributed by atoms with van der Waals surface area (Å²) in [6.07, 6.45) is 5.89. The molecular formula is C11H20O2. The van der Waals surface area contributed by atoms with Gasteiger partial charge in [0.25, 0.3) is 0 Å².